The van der Waals surface area contributed by atoms with Crippen molar-refractivity contribution in [1.82, 2.24) is 4.90 Å². The van der Waals surface area contributed by atoms with E-state index in [4.69, 9.17) is 9.47 Å². The van der Waals surface area contributed by atoms with Crippen molar-refractivity contribution in [3.63, 3.8) is 0 Å². The topological polar surface area (TPSA) is 79.3 Å². The van der Waals surface area contributed by atoms with E-state index in [9.17, 15) is 14.7 Å². The average molecular weight is 384 g/mol. The number of methoxy groups -OCH3 is 1. The molecule has 1 heterocycles. The molecule has 0 spiro atoms. The smallest absolute Gasteiger partial charge is 0.342 e. The molecule has 0 radical (unpaired) electrons. The lowest BCUT2D eigenvalue weighted by Gasteiger charge is -2.36. The fourth-order valence-electron chi connectivity index (χ4n) is 3.12. The number of aromatic hydroxyl groups is 1. The highest BCUT2D eigenvalue weighted by Crippen LogP contribution is 2.21. The second-order valence-corrected chi connectivity index (χ2v) is 6.66. The number of piperazine rings is 1. The van der Waals surface area contributed by atoms with Crippen molar-refractivity contribution >= 4 is 17.6 Å². The number of hydrogen-bond donors (Lipinski definition) is 1. The lowest BCUT2D eigenvalue weighted by atomic mass is 10.1. The number of ether oxygens (including phenoxy) is 2. The maximum absolute atomic E-state index is 12.4. The van der Waals surface area contributed by atoms with E-state index in [0.717, 1.165) is 17.0 Å². The molecule has 1 amide bonds. The first kappa shape index (κ1) is 19.5. The number of hydrogen-bond acceptors (Lipinski definition) is 6. The normalized spacial score (nSPS) is 13.9. The van der Waals surface area contributed by atoms with Gasteiger partial charge in [0.1, 0.15) is 17.1 Å². The fraction of sp³-hybridized carbons (Fsp3) is 0.333. The highest BCUT2D eigenvalue weighted by Gasteiger charge is 2.23. The van der Waals surface area contributed by atoms with E-state index < -0.39 is 5.97 Å². The molecule has 1 aliphatic rings. The number of benzene rings is 2. The predicted molar refractivity (Wildman–Crippen MR) is 105 cm³/mol. The zero-order valence-corrected chi connectivity index (χ0v) is 16.1. The van der Waals surface area contributed by atoms with E-state index in [1.807, 2.05) is 31.2 Å². The Hall–Kier alpha value is -3.22. The molecule has 148 valence electrons. The molecule has 0 atom stereocenters. The predicted octanol–water partition coefficient (Wildman–Crippen LogP) is 2.21. The summed E-state index contributed by atoms with van der Waals surface area (Å²) in [5, 5.41) is 9.78. The number of aryl methyl sites for hydroxylation is 1. The van der Waals surface area contributed by atoms with Gasteiger partial charge in [0.2, 0.25) is 0 Å². The Morgan fingerprint density at radius 3 is 2.36 bits per heavy atom. The number of carbonyl (C=O) groups is 2. The molecule has 7 heteroatoms. The SMILES string of the molecule is COc1ccc(N2CCN(C(=O)COC(=O)c3cc(C)ccc3O)CC2)cc1. The summed E-state index contributed by atoms with van der Waals surface area (Å²) in [5.41, 5.74) is 1.97. The van der Waals surface area contributed by atoms with Crippen LogP contribution in [0.1, 0.15) is 15.9 Å². The minimum absolute atomic E-state index is 0.0668. The van der Waals surface area contributed by atoms with Crippen LogP contribution in [0.15, 0.2) is 42.5 Å². The first-order valence-electron chi connectivity index (χ1n) is 9.11. The second-order valence-electron chi connectivity index (χ2n) is 6.66. The van der Waals surface area contributed by atoms with Crippen molar-refractivity contribution in [2.75, 3.05) is 44.8 Å². The van der Waals surface area contributed by atoms with Gasteiger partial charge in [0.25, 0.3) is 5.91 Å². The summed E-state index contributed by atoms with van der Waals surface area (Å²) in [6.07, 6.45) is 0. The van der Waals surface area contributed by atoms with Crippen molar-refractivity contribution in [3.8, 4) is 11.5 Å². The molecule has 0 bridgehead atoms. The van der Waals surface area contributed by atoms with Gasteiger partial charge in [0.05, 0.1) is 7.11 Å². The molecule has 2 aromatic carbocycles. The van der Waals surface area contributed by atoms with Gasteiger partial charge in [-0.25, -0.2) is 4.79 Å². The van der Waals surface area contributed by atoms with Gasteiger partial charge in [0, 0.05) is 31.9 Å². The zero-order valence-electron chi connectivity index (χ0n) is 16.1. The monoisotopic (exact) mass is 384 g/mol. The summed E-state index contributed by atoms with van der Waals surface area (Å²) < 4.78 is 10.3. The van der Waals surface area contributed by atoms with Gasteiger partial charge in [-0.15, -0.1) is 0 Å². The van der Waals surface area contributed by atoms with Crippen LogP contribution >= 0.6 is 0 Å². The Balaban J connectivity index is 1.49. The third-order valence-electron chi connectivity index (χ3n) is 4.77. The minimum Gasteiger partial charge on any atom is -0.507 e. The fourth-order valence-corrected chi connectivity index (χ4v) is 3.12. The molecular formula is C21H24N2O5. The Labute approximate surface area is 164 Å². The minimum atomic E-state index is -0.702. The van der Waals surface area contributed by atoms with E-state index in [2.05, 4.69) is 4.90 Å². The number of phenolic OH excluding ortho intramolecular Hbond substituents is 1. The standard InChI is InChI=1S/C21H24N2O5/c1-15-3-8-19(24)18(13-15)21(26)28-14-20(25)23-11-9-22(10-12-23)16-4-6-17(27-2)7-5-16/h3-8,13,24H,9-12,14H2,1-2H3. The molecule has 1 fully saturated rings. The maximum Gasteiger partial charge on any atom is 0.342 e. The maximum atomic E-state index is 12.4. The first-order chi connectivity index (χ1) is 13.5. The van der Waals surface area contributed by atoms with Gasteiger partial charge in [-0.2, -0.15) is 0 Å². The van der Waals surface area contributed by atoms with Crippen LogP contribution in [0, 0.1) is 6.92 Å². The molecule has 28 heavy (non-hydrogen) atoms. The van der Waals surface area contributed by atoms with E-state index in [1.54, 1.807) is 18.1 Å². The van der Waals surface area contributed by atoms with E-state index in [-0.39, 0.29) is 23.8 Å². The lowest BCUT2D eigenvalue weighted by Crippen LogP contribution is -2.49. The van der Waals surface area contributed by atoms with E-state index in [1.165, 1.54) is 12.1 Å². The lowest BCUT2D eigenvalue weighted by molar-refractivity contribution is -0.134. The number of phenols is 1. The number of nitrogens with zero attached hydrogens (tertiary/aromatic N) is 2. The highest BCUT2D eigenvalue weighted by molar-refractivity contribution is 5.94. The summed E-state index contributed by atoms with van der Waals surface area (Å²) in [7, 11) is 1.63. The van der Waals surface area contributed by atoms with Crippen LogP contribution in [0.5, 0.6) is 11.5 Å². The van der Waals surface area contributed by atoms with Gasteiger partial charge in [-0.05, 0) is 43.3 Å². The van der Waals surface area contributed by atoms with Crippen molar-refractivity contribution in [2.45, 2.75) is 6.92 Å². The van der Waals surface area contributed by atoms with E-state index >= 15 is 0 Å². The van der Waals surface area contributed by atoms with Crippen molar-refractivity contribution < 1.29 is 24.2 Å². The molecular weight excluding hydrogens is 360 g/mol. The summed E-state index contributed by atoms with van der Waals surface area (Å²) in [6.45, 7) is 3.98. The van der Waals surface area contributed by atoms with Crippen LogP contribution in [0.2, 0.25) is 0 Å². The van der Waals surface area contributed by atoms with Crippen LogP contribution in [0.25, 0.3) is 0 Å². The largest absolute Gasteiger partial charge is 0.507 e. The number of carbonyl (C=O) groups excluding carboxylic acids is 2. The van der Waals surface area contributed by atoms with Gasteiger partial charge in [-0.1, -0.05) is 11.6 Å². The van der Waals surface area contributed by atoms with Crippen molar-refractivity contribution in [3.05, 3.63) is 53.6 Å². The molecule has 0 saturated carbocycles. The number of anilines is 1. The third kappa shape index (κ3) is 4.54. The molecule has 0 aromatic heterocycles. The Kier molecular flexibility index (Phi) is 6.03. The molecule has 2 aromatic rings. The van der Waals surface area contributed by atoms with Gasteiger partial charge in [-0.3, -0.25) is 4.79 Å². The summed E-state index contributed by atoms with van der Waals surface area (Å²) >= 11 is 0. The quantitative estimate of drug-likeness (QED) is 0.797. The van der Waals surface area contributed by atoms with Gasteiger partial charge >= 0.3 is 5.97 Å². The third-order valence-corrected chi connectivity index (χ3v) is 4.77. The molecule has 1 aliphatic heterocycles. The molecule has 7 nitrogen and oxygen atoms in total. The molecule has 0 aliphatic carbocycles. The van der Waals surface area contributed by atoms with Crippen LogP contribution in [0.4, 0.5) is 5.69 Å². The van der Waals surface area contributed by atoms with Crippen LogP contribution in [0.3, 0.4) is 0 Å². The molecule has 1 N–H and O–H groups in total. The summed E-state index contributed by atoms with van der Waals surface area (Å²) in [6, 6.07) is 12.5. The van der Waals surface area contributed by atoms with Crippen molar-refractivity contribution in [1.29, 1.82) is 0 Å². The average Bonchev–Trinajstić information content (AvgIpc) is 2.73. The van der Waals surface area contributed by atoms with Gasteiger partial charge < -0.3 is 24.4 Å². The molecule has 3 rings (SSSR count). The zero-order chi connectivity index (χ0) is 20.1. The molecule has 1 saturated heterocycles. The van der Waals surface area contributed by atoms with Crippen LogP contribution in [-0.4, -0.2) is 61.8 Å². The van der Waals surface area contributed by atoms with Crippen LogP contribution in [-0.2, 0) is 9.53 Å². The van der Waals surface area contributed by atoms with Gasteiger partial charge in [0.15, 0.2) is 6.61 Å². The Morgan fingerprint density at radius 2 is 1.71 bits per heavy atom. The highest BCUT2D eigenvalue weighted by atomic mass is 16.5. The Morgan fingerprint density at radius 1 is 1.04 bits per heavy atom. The number of rotatable bonds is 5. The van der Waals surface area contributed by atoms with E-state index in [0.29, 0.717) is 26.2 Å². The van der Waals surface area contributed by atoms with Crippen molar-refractivity contribution in [2.24, 2.45) is 0 Å². The summed E-state index contributed by atoms with van der Waals surface area (Å²) in [5.74, 6) is -0.295. The number of esters is 1. The first-order valence-corrected chi connectivity index (χ1v) is 9.11. The number of amides is 1. The summed E-state index contributed by atoms with van der Waals surface area (Å²) in [4.78, 5) is 28.4. The van der Waals surface area contributed by atoms with Crippen LogP contribution < -0.4 is 9.64 Å². The second kappa shape index (κ2) is 8.65. The molecule has 0 unspecified atom stereocenters. The Bertz CT molecular complexity index is 842.